The summed E-state index contributed by atoms with van der Waals surface area (Å²) >= 11 is 0. The molecule has 1 saturated heterocycles. The van der Waals surface area contributed by atoms with E-state index in [1.54, 1.807) is 4.90 Å². The predicted molar refractivity (Wildman–Crippen MR) is 102 cm³/mol. The van der Waals surface area contributed by atoms with Crippen LogP contribution in [-0.2, 0) is 20.5 Å². The lowest BCUT2D eigenvalue weighted by Gasteiger charge is -2.34. The van der Waals surface area contributed by atoms with Crippen LogP contribution in [0.5, 0.6) is 0 Å². The minimum atomic E-state index is -3.40. The first-order valence-corrected chi connectivity index (χ1v) is 10.7. The number of likely N-dealkylation sites (tertiary alicyclic amines) is 1. The van der Waals surface area contributed by atoms with Crippen LogP contribution in [0.3, 0.4) is 0 Å². The van der Waals surface area contributed by atoms with Crippen molar-refractivity contribution in [2.45, 2.75) is 51.9 Å². The Morgan fingerprint density at radius 1 is 1.27 bits per heavy atom. The number of benzene rings is 1. The van der Waals surface area contributed by atoms with Crippen LogP contribution in [0.15, 0.2) is 24.3 Å². The normalized spacial score (nSPS) is 18.6. The summed E-state index contributed by atoms with van der Waals surface area (Å²) in [6, 6.07) is 7.48. The second-order valence-electron chi connectivity index (χ2n) is 8.03. The van der Waals surface area contributed by atoms with Gasteiger partial charge in [0.25, 0.3) is 0 Å². The van der Waals surface area contributed by atoms with Crippen LogP contribution in [0.1, 0.15) is 44.7 Å². The van der Waals surface area contributed by atoms with Crippen molar-refractivity contribution >= 4 is 16.1 Å². The number of ether oxygens (including phenoxy) is 1. The van der Waals surface area contributed by atoms with Crippen LogP contribution in [-0.4, -0.2) is 44.6 Å². The van der Waals surface area contributed by atoms with Crippen molar-refractivity contribution < 1.29 is 17.9 Å². The number of nitrogens with one attached hydrogen (secondary N) is 1. The highest BCUT2D eigenvalue weighted by atomic mass is 32.2. The first kappa shape index (κ1) is 20.7. The highest BCUT2D eigenvalue weighted by Gasteiger charge is 2.28. The van der Waals surface area contributed by atoms with E-state index in [1.807, 2.05) is 52.0 Å². The molecule has 6 nitrogen and oxygen atoms in total. The van der Waals surface area contributed by atoms with Crippen molar-refractivity contribution in [3.8, 4) is 0 Å². The molecule has 0 bridgehead atoms. The molecule has 1 fully saturated rings. The van der Waals surface area contributed by atoms with Gasteiger partial charge in [-0.1, -0.05) is 29.8 Å². The van der Waals surface area contributed by atoms with Gasteiger partial charge in [0.15, 0.2) is 0 Å². The van der Waals surface area contributed by atoms with Crippen LogP contribution in [0.2, 0.25) is 0 Å². The van der Waals surface area contributed by atoms with Gasteiger partial charge in [-0.05, 0) is 52.0 Å². The molecular weight excluding hydrogens is 352 g/mol. The lowest BCUT2D eigenvalue weighted by Crippen LogP contribution is -2.45. The number of sulfonamides is 1. The van der Waals surface area contributed by atoms with E-state index in [-0.39, 0.29) is 17.8 Å². The quantitative estimate of drug-likeness (QED) is 0.849. The van der Waals surface area contributed by atoms with Crippen LogP contribution in [0, 0.1) is 12.8 Å². The number of aryl methyl sites for hydroxylation is 1. The van der Waals surface area contributed by atoms with Crippen molar-refractivity contribution in [2.24, 2.45) is 5.92 Å². The van der Waals surface area contributed by atoms with Gasteiger partial charge >= 0.3 is 6.09 Å². The number of amides is 1. The van der Waals surface area contributed by atoms with Gasteiger partial charge < -0.3 is 9.64 Å². The monoisotopic (exact) mass is 382 g/mol. The second-order valence-corrected chi connectivity index (χ2v) is 9.83. The summed E-state index contributed by atoms with van der Waals surface area (Å²) in [6.45, 7) is 9.00. The molecule has 146 valence electrons. The maximum absolute atomic E-state index is 12.3. The topological polar surface area (TPSA) is 75.7 Å². The van der Waals surface area contributed by atoms with E-state index in [0.717, 1.165) is 24.0 Å². The van der Waals surface area contributed by atoms with Gasteiger partial charge in [0.1, 0.15) is 5.60 Å². The molecule has 1 aliphatic heterocycles. The van der Waals surface area contributed by atoms with Crippen LogP contribution in [0.4, 0.5) is 4.79 Å². The Morgan fingerprint density at radius 2 is 1.92 bits per heavy atom. The third-order valence-electron chi connectivity index (χ3n) is 4.24. The molecule has 2 rings (SSSR count). The lowest BCUT2D eigenvalue weighted by molar-refractivity contribution is 0.0169. The van der Waals surface area contributed by atoms with Crippen molar-refractivity contribution in [3.63, 3.8) is 0 Å². The maximum Gasteiger partial charge on any atom is 0.410 e. The summed E-state index contributed by atoms with van der Waals surface area (Å²) in [5.74, 6) is 0.0690. The summed E-state index contributed by atoms with van der Waals surface area (Å²) in [7, 11) is -3.40. The predicted octanol–water partition coefficient (Wildman–Crippen LogP) is 3.06. The van der Waals surface area contributed by atoms with E-state index < -0.39 is 15.6 Å². The molecule has 1 aromatic rings. The fraction of sp³-hybridized carbons (Fsp3) is 0.632. The Kier molecular flexibility index (Phi) is 6.69. The van der Waals surface area contributed by atoms with Crippen molar-refractivity contribution in [1.82, 2.24) is 9.62 Å². The molecule has 1 amide bonds. The van der Waals surface area contributed by atoms with E-state index in [1.165, 1.54) is 0 Å². The summed E-state index contributed by atoms with van der Waals surface area (Å²) in [4.78, 5) is 13.9. The van der Waals surface area contributed by atoms with Crippen molar-refractivity contribution in [3.05, 3.63) is 35.4 Å². The first-order chi connectivity index (χ1) is 12.0. The number of hydrogen-bond acceptors (Lipinski definition) is 4. The molecule has 0 radical (unpaired) electrons. The van der Waals surface area contributed by atoms with E-state index in [4.69, 9.17) is 4.74 Å². The van der Waals surface area contributed by atoms with Crippen LogP contribution < -0.4 is 4.72 Å². The molecule has 7 heteroatoms. The molecule has 1 heterocycles. The summed E-state index contributed by atoms with van der Waals surface area (Å²) < 4.78 is 32.7. The second kappa shape index (κ2) is 8.39. The van der Waals surface area contributed by atoms with E-state index in [0.29, 0.717) is 19.6 Å². The van der Waals surface area contributed by atoms with E-state index in [2.05, 4.69) is 4.72 Å². The number of hydrogen-bond donors (Lipinski definition) is 1. The van der Waals surface area contributed by atoms with Gasteiger partial charge in [0.05, 0.1) is 5.75 Å². The van der Waals surface area contributed by atoms with Crippen molar-refractivity contribution in [2.75, 3.05) is 19.6 Å². The van der Waals surface area contributed by atoms with Gasteiger partial charge in [-0.2, -0.15) is 0 Å². The number of piperidine rings is 1. The molecular formula is C19H30N2O4S. The standard InChI is InChI=1S/C19H30N2O4S/c1-15-7-9-16(10-8-15)14-26(23,24)20-12-17-6-5-11-21(13-17)18(22)25-19(2,3)4/h7-10,17,20H,5-6,11-14H2,1-4H3/t17-/m0/s1. The smallest absolute Gasteiger partial charge is 0.410 e. The largest absolute Gasteiger partial charge is 0.444 e. The third-order valence-corrected chi connectivity index (χ3v) is 5.56. The minimum absolute atomic E-state index is 0.0320. The highest BCUT2D eigenvalue weighted by molar-refractivity contribution is 7.88. The van der Waals surface area contributed by atoms with Gasteiger partial charge in [0, 0.05) is 19.6 Å². The Morgan fingerprint density at radius 3 is 2.54 bits per heavy atom. The Balaban J connectivity index is 1.86. The van der Waals surface area contributed by atoms with Crippen LogP contribution in [0.25, 0.3) is 0 Å². The van der Waals surface area contributed by atoms with E-state index >= 15 is 0 Å². The van der Waals surface area contributed by atoms with Gasteiger partial charge in [-0.3, -0.25) is 0 Å². The van der Waals surface area contributed by atoms with Crippen molar-refractivity contribution in [1.29, 1.82) is 0 Å². The molecule has 0 unspecified atom stereocenters. The number of rotatable bonds is 5. The SMILES string of the molecule is Cc1ccc(CS(=O)(=O)NC[C@@H]2CCCN(C(=O)OC(C)(C)C)C2)cc1. The molecule has 0 saturated carbocycles. The average molecular weight is 383 g/mol. The van der Waals surface area contributed by atoms with E-state index in [9.17, 15) is 13.2 Å². The van der Waals surface area contributed by atoms with Gasteiger partial charge in [0.2, 0.25) is 10.0 Å². The molecule has 26 heavy (non-hydrogen) atoms. The maximum atomic E-state index is 12.3. The van der Waals surface area contributed by atoms with Crippen LogP contribution >= 0.6 is 0 Å². The zero-order chi connectivity index (χ0) is 19.4. The zero-order valence-corrected chi connectivity index (χ0v) is 16.9. The number of carbonyl (C=O) groups is 1. The molecule has 0 spiro atoms. The minimum Gasteiger partial charge on any atom is -0.444 e. The molecule has 1 atom stereocenters. The first-order valence-electron chi connectivity index (χ1n) is 9.05. The molecule has 1 aliphatic rings. The fourth-order valence-electron chi connectivity index (χ4n) is 2.92. The third kappa shape index (κ3) is 6.96. The fourth-order valence-corrected chi connectivity index (χ4v) is 4.15. The van der Waals surface area contributed by atoms with Gasteiger partial charge in [-0.15, -0.1) is 0 Å². The number of carbonyl (C=O) groups excluding carboxylic acids is 1. The lowest BCUT2D eigenvalue weighted by atomic mass is 9.99. The highest BCUT2D eigenvalue weighted by Crippen LogP contribution is 2.19. The Hall–Kier alpha value is -1.60. The number of nitrogens with zero attached hydrogens (tertiary/aromatic N) is 1. The molecule has 1 aromatic carbocycles. The molecule has 0 aliphatic carbocycles. The molecule has 1 N–H and O–H groups in total. The Bertz CT molecular complexity index is 708. The summed E-state index contributed by atoms with van der Waals surface area (Å²) in [5.41, 5.74) is 1.34. The van der Waals surface area contributed by atoms with Gasteiger partial charge in [-0.25, -0.2) is 17.9 Å². The summed E-state index contributed by atoms with van der Waals surface area (Å²) in [6.07, 6.45) is 1.42. The average Bonchev–Trinajstić information content (AvgIpc) is 2.54. The molecule has 0 aromatic heterocycles. The zero-order valence-electron chi connectivity index (χ0n) is 16.1. The Labute approximate surface area is 157 Å². The summed E-state index contributed by atoms with van der Waals surface area (Å²) in [5, 5.41) is 0.